The van der Waals surface area contributed by atoms with Gasteiger partial charge >= 0.3 is 6.01 Å². The van der Waals surface area contributed by atoms with Crippen LogP contribution in [0, 0.1) is 34.1 Å². The van der Waals surface area contributed by atoms with Crippen molar-refractivity contribution in [2.75, 3.05) is 38.2 Å². The van der Waals surface area contributed by atoms with Gasteiger partial charge in [-0.2, -0.15) is 9.97 Å². The second kappa shape index (κ2) is 11.0. The smallest absolute Gasteiger partial charge is 0.319 e. The molecule has 6 rings (SSSR count). The number of rotatable bonds is 6. The summed E-state index contributed by atoms with van der Waals surface area (Å²) in [4.78, 5) is 24.8. The molecule has 3 heterocycles. The number of nitrogens with zero attached hydrogens (tertiary/aromatic N) is 5. The lowest BCUT2D eigenvalue weighted by Crippen LogP contribution is -2.46. The topological polar surface area (TPSA) is 105 Å². The second-order valence-corrected chi connectivity index (χ2v) is 11.6. The summed E-state index contributed by atoms with van der Waals surface area (Å²) in [6.07, 6.45) is 8.82. The van der Waals surface area contributed by atoms with Crippen molar-refractivity contribution in [2.45, 2.75) is 44.2 Å². The number of β-amino-alcohol motifs (C(OH)–C–C–N with tert-alkyl or cyclic N) is 1. The number of aromatic nitrogens is 2. The van der Waals surface area contributed by atoms with Gasteiger partial charge in [-0.15, -0.1) is 6.42 Å². The number of hydrogen-bond donors (Lipinski definition) is 1. The zero-order valence-electron chi connectivity index (χ0n) is 23.9. The van der Waals surface area contributed by atoms with E-state index >= 15 is 4.39 Å². The van der Waals surface area contributed by atoms with E-state index in [2.05, 4.69) is 20.8 Å². The van der Waals surface area contributed by atoms with Gasteiger partial charge in [-0.05, 0) is 57.7 Å². The number of likely N-dealkylation sites (tertiary alicyclic amines) is 1. The molecule has 0 spiro atoms. The highest BCUT2D eigenvalue weighted by atomic mass is 19.1. The van der Waals surface area contributed by atoms with Crippen LogP contribution in [0.1, 0.15) is 38.2 Å². The molecule has 0 aliphatic carbocycles. The summed E-state index contributed by atoms with van der Waals surface area (Å²) in [5.41, 5.74) is -2.16. The number of terminal acetylenes is 1. The molecule has 9 nitrogen and oxygen atoms in total. The number of hydrogen-bond acceptors (Lipinski definition) is 8. The fourth-order valence-electron chi connectivity index (χ4n) is 6.35. The number of ether oxygens (including phenoxy) is 1. The molecule has 11 heteroatoms. The van der Waals surface area contributed by atoms with E-state index < -0.39 is 27.8 Å². The van der Waals surface area contributed by atoms with Gasteiger partial charge in [-0.1, -0.05) is 30.2 Å². The third-order valence-electron chi connectivity index (χ3n) is 8.53. The molecule has 3 aromatic carbocycles. The molecule has 2 saturated heterocycles. The standard InChI is InChI=1S/C32H31F2N5O4/c1-4-21-24(33)12-11-19-8-5-10-22(26(19)21)27-25(39(41)42)16-23-29(28(27)34)35-31(43-17-20-9-6-14-37(20)3)36-30(23)38-15-7-13-32(2,40)18-38/h1,5,8,10-12,16,20,40H,6-7,9,13-15,17-18H2,2-3H3/t20-,32+/m0/s1. The van der Waals surface area contributed by atoms with Gasteiger partial charge in [0.1, 0.15) is 23.8 Å². The molecule has 0 bridgehead atoms. The van der Waals surface area contributed by atoms with E-state index in [9.17, 15) is 19.6 Å². The van der Waals surface area contributed by atoms with Gasteiger partial charge in [-0.25, -0.2) is 8.78 Å². The van der Waals surface area contributed by atoms with E-state index in [1.807, 2.05) is 7.05 Å². The predicted octanol–water partition coefficient (Wildman–Crippen LogP) is 5.44. The summed E-state index contributed by atoms with van der Waals surface area (Å²) in [6.45, 7) is 3.62. The van der Waals surface area contributed by atoms with E-state index in [1.165, 1.54) is 24.3 Å². The Morgan fingerprint density at radius 3 is 2.74 bits per heavy atom. The summed E-state index contributed by atoms with van der Waals surface area (Å²) in [7, 11) is 2.01. The predicted molar refractivity (Wildman–Crippen MR) is 160 cm³/mol. The quantitative estimate of drug-likeness (QED) is 0.181. The number of nitro groups is 1. The monoisotopic (exact) mass is 587 g/mol. The molecule has 43 heavy (non-hydrogen) atoms. The van der Waals surface area contributed by atoms with E-state index in [0.29, 0.717) is 24.8 Å². The average molecular weight is 588 g/mol. The lowest BCUT2D eigenvalue weighted by molar-refractivity contribution is -0.384. The molecule has 2 aliphatic heterocycles. The van der Waals surface area contributed by atoms with Gasteiger partial charge in [0.15, 0.2) is 5.82 Å². The average Bonchev–Trinajstić information content (AvgIpc) is 3.39. The number of nitro benzene ring substituents is 1. The normalized spacial score (nSPS) is 20.9. The molecular weight excluding hydrogens is 556 g/mol. The van der Waals surface area contributed by atoms with Crippen molar-refractivity contribution in [3.8, 4) is 29.5 Å². The summed E-state index contributed by atoms with van der Waals surface area (Å²) < 4.78 is 37.7. The fourth-order valence-corrected chi connectivity index (χ4v) is 6.35. The van der Waals surface area contributed by atoms with Crippen LogP contribution in [0.25, 0.3) is 32.8 Å². The molecule has 4 aromatic rings. The number of anilines is 1. The Hall–Kier alpha value is -4.40. The zero-order chi connectivity index (χ0) is 30.5. The second-order valence-electron chi connectivity index (χ2n) is 11.6. The van der Waals surface area contributed by atoms with Crippen molar-refractivity contribution >= 4 is 33.2 Å². The van der Waals surface area contributed by atoms with E-state index in [-0.39, 0.29) is 64.0 Å². The van der Waals surface area contributed by atoms with Crippen LogP contribution in [-0.2, 0) is 0 Å². The maximum absolute atomic E-state index is 16.9. The Bertz CT molecular complexity index is 1810. The van der Waals surface area contributed by atoms with Crippen molar-refractivity contribution in [2.24, 2.45) is 0 Å². The number of halogens is 2. The van der Waals surface area contributed by atoms with Gasteiger partial charge in [0.2, 0.25) is 0 Å². The minimum Gasteiger partial charge on any atom is -0.462 e. The van der Waals surface area contributed by atoms with Gasteiger partial charge in [0.25, 0.3) is 5.69 Å². The Morgan fingerprint density at radius 2 is 2.05 bits per heavy atom. The maximum Gasteiger partial charge on any atom is 0.319 e. The van der Waals surface area contributed by atoms with E-state index in [1.54, 1.807) is 24.0 Å². The number of benzene rings is 3. The van der Waals surface area contributed by atoms with Gasteiger partial charge < -0.3 is 19.6 Å². The molecular formula is C32H31F2N5O4. The third-order valence-corrected chi connectivity index (χ3v) is 8.53. The van der Waals surface area contributed by atoms with E-state index in [4.69, 9.17) is 11.2 Å². The molecule has 222 valence electrons. The number of fused-ring (bicyclic) bond motifs is 2. The van der Waals surface area contributed by atoms with Crippen molar-refractivity contribution in [1.29, 1.82) is 0 Å². The summed E-state index contributed by atoms with van der Waals surface area (Å²) in [6, 6.07) is 8.80. The summed E-state index contributed by atoms with van der Waals surface area (Å²) in [5.74, 6) is 0.893. The Morgan fingerprint density at radius 1 is 1.23 bits per heavy atom. The highest BCUT2D eigenvalue weighted by molar-refractivity contribution is 6.06. The molecule has 2 fully saturated rings. The number of likely N-dealkylation sites (N-methyl/N-ethyl adjacent to an activating group) is 1. The molecule has 0 unspecified atom stereocenters. The highest BCUT2D eigenvalue weighted by Gasteiger charge is 2.34. The largest absolute Gasteiger partial charge is 0.462 e. The first-order valence-corrected chi connectivity index (χ1v) is 14.2. The first-order chi connectivity index (χ1) is 20.6. The van der Waals surface area contributed by atoms with Gasteiger partial charge in [0, 0.05) is 36.1 Å². The molecule has 2 atom stereocenters. The van der Waals surface area contributed by atoms with E-state index in [0.717, 1.165) is 19.4 Å². The highest BCUT2D eigenvalue weighted by Crippen LogP contribution is 2.44. The van der Waals surface area contributed by atoms with Crippen LogP contribution in [0.5, 0.6) is 6.01 Å². The molecule has 0 radical (unpaired) electrons. The van der Waals surface area contributed by atoms with Crippen LogP contribution < -0.4 is 9.64 Å². The van der Waals surface area contributed by atoms with Crippen molar-refractivity contribution in [3.63, 3.8) is 0 Å². The van der Waals surface area contributed by atoms with Crippen LogP contribution in [0.15, 0.2) is 36.4 Å². The fraction of sp³-hybridized carbons (Fsp3) is 0.375. The Balaban J connectivity index is 1.61. The Labute approximate surface area is 247 Å². The lowest BCUT2D eigenvalue weighted by Gasteiger charge is -2.38. The molecule has 1 aromatic heterocycles. The van der Waals surface area contributed by atoms with Crippen molar-refractivity contribution in [1.82, 2.24) is 14.9 Å². The SMILES string of the molecule is C#Cc1c(F)ccc2cccc(-c3c([N+](=O)[O-])cc4c(N5CCC[C@@](C)(O)C5)nc(OC[C@@H]5CCCN5C)nc4c3F)c12. The summed E-state index contributed by atoms with van der Waals surface area (Å²) >= 11 is 0. The van der Waals surface area contributed by atoms with Crippen LogP contribution in [-0.4, -0.2) is 69.8 Å². The molecule has 0 amide bonds. The Kier molecular flexibility index (Phi) is 7.36. The number of piperidine rings is 1. The van der Waals surface area contributed by atoms with Crippen LogP contribution in [0.3, 0.4) is 0 Å². The first-order valence-electron chi connectivity index (χ1n) is 14.2. The van der Waals surface area contributed by atoms with Gasteiger partial charge in [0.05, 0.1) is 27.0 Å². The minimum absolute atomic E-state index is 0.0694. The van der Waals surface area contributed by atoms with Crippen molar-refractivity contribution < 1.29 is 23.5 Å². The first kappa shape index (κ1) is 28.7. The van der Waals surface area contributed by atoms with Crippen molar-refractivity contribution in [3.05, 3.63) is 63.7 Å². The maximum atomic E-state index is 16.9. The molecule has 1 N–H and O–H groups in total. The molecule has 0 saturated carbocycles. The zero-order valence-corrected chi connectivity index (χ0v) is 23.9. The number of aliphatic hydroxyl groups is 1. The van der Waals surface area contributed by atoms with Gasteiger partial charge in [-0.3, -0.25) is 10.1 Å². The minimum atomic E-state index is -1.04. The lowest BCUT2D eigenvalue weighted by atomic mass is 9.92. The summed E-state index contributed by atoms with van der Waals surface area (Å²) in [5, 5.41) is 24.1. The van der Waals surface area contributed by atoms with Crippen LogP contribution in [0.4, 0.5) is 20.3 Å². The molecule has 2 aliphatic rings. The van der Waals surface area contributed by atoms with Crippen LogP contribution in [0.2, 0.25) is 0 Å². The van der Waals surface area contributed by atoms with Crippen LogP contribution >= 0.6 is 0 Å². The third kappa shape index (κ3) is 5.21.